The van der Waals surface area contributed by atoms with Gasteiger partial charge in [-0.15, -0.1) is 0 Å². The molecule has 0 atom stereocenters. The van der Waals surface area contributed by atoms with Gasteiger partial charge in [0.1, 0.15) is 0 Å². The van der Waals surface area contributed by atoms with Crippen LogP contribution in [0.15, 0.2) is 46.9 Å². The molecule has 21 heavy (non-hydrogen) atoms. The zero-order valence-corrected chi connectivity index (χ0v) is 14.0. The van der Waals surface area contributed by atoms with Crippen LogP contribution in [0.25, 0.3) is 0 Å². The maximum absolute atomic E-state index is 11.9. The first-order chi connectivity index (χ1) is 10.0. The van der Waals surface area contributed by atoms with Crippen molar-refractivity contribution in [1.29, 1.82) is 0 Å². The number of benzene rings is 2. The lowest BCUT2D eigenvalue weighted by Crippen LogP contribution is -2.16. The molecular formula is C16H16BrClN2O. The molecule has 0 spiro atoms. The lowest BCUT2D eigenvalue weighted by Gasteiger charge is -2.09. The summed E-state index contributed by atoms with van der Waals surface area (Å²) in [6, 6.07) is 13.2. The molecule has 0 heterocycles. The van der Waals surface area contributed by atoms with Gasteiger partial charge < -0.3 is 10.6 Å². The van der Waals surface area contributed by atoms with Gasteiger partial charge in [-0.2, -0.15) is 0 Å². The van der Waals surface area contributed by atoms with Crippen LogP contribution in [0.3, 0.4) is 0 Å². The average Bonchev–Trinajstić information content (AvgIpc) is 2.43. The fourth-order valence-electron chi connectivity index (χ4n) is 1.81. The Bertz CT molecular complexity index is 646. The van der Waals surface area contributed by atoms with E-state index in [2.05, 4.69) is 26.6 Å². The highest BCUT2D eigenvalue weighted by molar-refractivity contribution is 9.10. The van der Waals surface area contributed by atoms with E-state index in [1.165, 1.54) is 0 Å². The van der Waals surface area contributed by atoms with Crippen LogP contribution in [-0.2, 0) is 4.79 Å². The topological polar surface area (TPSA) is 41.1 Å². The quantitative estimate of drug-likeness (QED) is 0.793. The van der Waals surface area contributed by atoms with Crippen LogP contribution in [0, 0.1) is 6.92 Å². The number of carbonyl (C=O) groups is 1. The SMILES string of the molecule is Cc1ccc(NC(=O)CCNc2cccc(Cl)c2)cc1Br. The second-order valence-electron chi connectivity index (χ2n) is 4.70. The summed E-state index contributed by atoms with van der Waals surface area (Å²) in [5.74, 6) is -0.0275. The van der Waals surface area contributed by atoms with Gasteiger partial charge in [0, 0.05) is 33.8 Å². The minimum Gasteiger partial charge on any atom is -0.384 e. The zero-order valence-electron chi connectivity index (χ0n) is 11.6. The molecule has 3 nitrogen and oxygen atoms in total. The molecule has 0 saturated carbocycles. The van der Waals surface area contributed by atoms with E-state index in [1.807, 2.05) is 49.4 Å². The van der Waals surface area contributed by atoms with Gasteiger partial charge in [0.2, 0.25) is 5.91 Å². The Balaban J connectivity index is 1.81. The Labute approximate surface area is 137 Å². The van der Waals surface area contributed by atoms with Gasteiger partial charge in [-0.1, -0.05) is 39.7 Å². The molecule has 1 amide bonds. The fraction of sp³-hybridized carbons (Fsp3) is 0.188. The Hall–Kier alpha value is -1.52. The second-order valence-corrected chi connectivity index (χ2v) is 5.99. The third-order valence-corrected chi connectivity index (χ3v) is 4.05. The fourth-order valence-corrected chi connectivity index (χ4v) is 2.38. The van der Waals surface area contributed by atoms with E-state index in [0.717, 1.165) is 21.4 Å². The maximum Gasteiger partial charge on any atom is 0.226 e. The third-order valence-electron chi connectivity index (χ3n) is 2.96. The molecule has 0 saturated heterocycles. The van der Waals surface area contributed by atoms with E-state index >= 15 is 0 Å². The van der Waals surface area contributed by atoms with Crippen LogP contribution in [0.2, 0.25) is 5.02 Å². The number of aryl methyl sites for hydroxylation is 1. The summed E-state index contributed by atoms with van der Waals surface area (Å²) < 4.78 is 0.984. The first-order valence-corrected chi connectivity index (χ1v) is 7.77. The largest absolute Gasteiger partial charge is 0.384 e. The van der Waals surface area contributed by atoms with E-state index in [1.54, 1.807) is 0 Å². The van der Waals surface area contributed by atoms with Crippen molar-refractivity contribution in [1.82, 2.24) is 0 Å². The summed E-state index contributed by atoms with van der Waals surface area (Å²) >= 11 is 9.35. The minimum absolute atomic E-state index is 0.0275. The van der Waals surface area contributed by atoms with E-state index in [9.17, 15) is 4.79 Å². The van der Waals surface area contributed by atoms with E-state index in [4.69, 9.17) is 11.6 Å². The maximum atomic E-state index is 11.9. The Morgan fingerprint density at radius 3 is 2.71 bits per heavy atom. The number of anilines is 2. The van der Waals surface area contributed by atoms with Gasteiger partial charge in [0.05, 0.1) is 0 Å². The van der Waals surface area contributed by atoms with Crippen molar-refractivity contribution in [2.75, 3.05) is 17.2 Å². The smallest absolute Gasteiger partial charge is 0.226 e. The van der Waals surface area contributed by atoms with Gasteiger partial charge in [-0.05, 0) is 42.8 Å². The number of carbonyl (C=O) groups excluding carboxylic acids is 1. The predicted molar refractivity (Wildman–Crippen MR) is 92.1 cm³/mol. The molecule has 5 heteroatoms. The molecular weight excluding hydrogens is 352 g/mol. The minimum atomic E-state index is -0.0275. The van der Waals surface area contributed by atoms with Crippen molar-refractivity contribution in [2.45, 2.75) is 13.3 Å². The Morgan fingerprint density at radius 2 is 2.00 bits per heavy atom. The normalized spacial score (nSPS) is 10.2. The van der Waals surface area contributed by atoms with E-state index < -0.39 is 0 Å². The standard InChI is InChI=1S/C16H16BrClN2O/c1-11-5-6-14(10-15(11)17)20-16(21)7-8-19-13-4-2-3-12(18)9-13/h2-6,9-10,19H,7-8H2,1H3,(H,20,21). The average molecular weight is 368 g/mol. The van der Waals surface area contributed by atoms with Crippen molar-refractivity contribution in [3.05, 3.63) is 57.5 Å². The molecule has 0 fully saturated rings. The van der Waals surface area contributed by atoms with Crippen molar-refractivity contribution >= 4 is 44.8 Å². The third kappa shape index (κ3) is 5.06. The Kier molecular flexibility index (Phi) is 5.65. The second kappa shape index (κ2) is 7.48. The van der Waals surface area contributed by atoms with E-state index in [0.29, 0.717) is 18.0 Å². The first kappa shape index (κ1) is 15.9. The van der Waals surface area contributed by atoms with Gasteiger partial charge in [0.25, 0.3) is 0 Å². The van der Waals surface area contributed by atoms with Gasteiger partial charge in [-0.3, -0.25) is 4.79 Å². The molecule has 2 rings (SSSR count). The molecule has 0 aliphatic carbocycles. The molecule has 0 radical (unpaired) electrons. The van der Waals surface area contributed by atoms with Crippen molar-refractivity contribution in [3.8, 4) is 0 Å². The number of rotatable bonds is 5. The number of halogens is 2. The molecule has 2 aromatic carbocycles. The van der Waals surface area contributed by atoms with E-state index in [-0.39, 0.29) is 5.91 Å². The molecule has 0 aliphatic heterocycles. The van der Waals surface area contributed by atoms with Crippen LogP contribution >= 0.6 is 27.5 Å². The van der Waals surface area contributed by atoms with Crippen LogP contribution in [0.4, 0.5) is 11.4 Å². The Morgan fingerprint density at radius 1 is 1.19 bits per heavy atom. The van der Waals surface area contributed by atoms with Crippen molar-refractivity contribution in [3.63, 3.8) is 0 Å². The van der Waals surface area contributed by atoms with Crippen LogP contribution in [0.1, 0.15) is 12.0 Å². The highest BCUT2D eigenvalue weighted by Gasteiger charge is 2.04. The summed E-state index contributed by atoms with van der Waals surface area (Å²) in [6.45, 7) is 2.56. The lowest BCUT2D eigenvalue weighted by atomic mass is 10.2. The van der Waals surface area contributed by atoms with Crippen molar-refractivity contribution < 1.29 is 4.79 Å². The number of hydrogen-bond acceptors (Lipinski definition) is 2. The van der Waals surface area contributed by atoms with Gasteiger partial charge in [0.15, 0.2) is 0 Å². The number of amides is 1. The summed E-state index contributed by atoms with van der Waals surface area (Å²) in [7, 11) is 0. The molecule has 0 bridgehead atoms. The monoisotopic (exact) mass is 366 g/mol. The van der Waals surface area contributed by atoms with Gasteiger partial charge in [-0.25, -0.2) is 0 Å². The summed E-state index contributed by atoms with van der Waals surface area (Å²) in [4.78, 5) is 11.9. The predicted octanol–water partition coefficient (Wildman–Crippen LogP) is 4.85. The highest BCUT2D eigenvalue weighted by Crippen LogP contribution is 2.20. The van der Waals surface area contributed by atoms with Crippen LogP contribution in [0.5, 0.6) is 0 Å². The molecule has 0 aliphatic rings. The van der Waals surface area contributed by atoms with Crippen LogP contribution in [-0.4, -0.2) is 12.5 Å². The summed E-state index contributed by atoms with van der Waals surface area (Å²) in [5.41, 5.74) is 2.84. The summed E-state index contributed by atoms with van der Waals surface area (Å²) in [6.07, 6.45) is 0.387. The number of nitrogens with one attached hydrogen (secondary N) is 2. The lowest BCUT2D eigenvalue weighted by molar-refractivity contribution is -0.115. The molecule has 0 unspecified atom stereocenters. The van der Waals surface area contributed by atoms with Gasteiger partial charge >= 0.3 is 0 Å². The zero-order chi connectivity index (χ0) is 15.2. The first-order valence-electron chi connectivity index (χ1n) is 6.60. The molecule has 110 valence electrons. The highest BCUT2D eigenvalue weighted by atomic mass is 79.9. The molecule has 2 aromatic rings. The molecule has 2 N–H and O–H groups in total. The summed E-state index contributed by atoms with van der Waals surface area (Å²) in [5, 5.41) is 6.72. The molecule has 0 aromatic heterocycles. The van der Waals surface area contributed by atoms with Crippen LogP contribution < -0.4 is 10.6 Å². The number of hydrogen-bond donors (Lipinski definition) is 2. The van der Waals surface area contributed by atoms with Crippen molar-refractivity contribution in [2.24, 2.45) is 0 Å².